The lowest BCUT2D eigenvalue weighted by Crippen LogP contribution is -2.02. The average Bonchev–Trinajstić information content (AvgIpc) is 3.68. The van der Waals surface area contributed by atoms with E-state index in [1.165, 1.54) is 37.9 Å². The highest BCUT2D eigenvalue weighted by Gasteiger charge is 2.27. The lowest BCUT2D eigenvalue weighted by atomic mass is 9.87. The summed E-state index contributed by atoms with van der Waals surface area (Å²) >= 11 is 0. The van der Waals surface area contributed by atoms with E-state index in [4.69, 9.17) is 15.0 Å². The van der Waals surface area contributed by atoms with E-state index in [0.717, 1.165) is 77.7 Å². The number of rotatable bonds is 5. The minimum atomic E-state index is 0.847. The first-order chi connectivity index (χ1) is 29.3. The minimum Gasteiger partial charge on any atom is -0.292 e. The molecule has 7 aromatic carbocycles. The van der Waals surface area contributed by atoms with Crippen LogP contribution >= 0.6 is 0 Å². The van der Waals surface area contributed by atoms with Crippen LogP contribution in [0.2, 0.25) is 0 Å². The molecule has 0 N–H and O–H groups in total. The molecule has 0 aliphatic heterocycles. The Balaban J connectivity index is 1.27. The van der Waals surface area contributed by atoms with Crippen molar-refractivity contribution in [2.75, 3.05) is 0 Å². The predicted molar refractivity (Wildman–Crippen MR) is 244 cm³/mol. The van der Waals surface area contributed by atoms with E-state index in [1.54, 1.807) is 0 Å². The van der Waals surface area contributed by atoms with E-state index in [1.807, 2.05) is 43.0 Å². The van der Waals surface area contributed by atoms with E-state index in [-0.39, 0.29) is 0 Å². The van der Waals surface area contributed by atoms with Crippen molar-refractivity contribution in [1.29, 1.82) is 0 Å². The Morgan fingerprint density at radius 3 is 1.92 bits per heavy atom. The second kappa shape index (κ2) is 13.3. The zero-order chi connectivity index (χ0) is 38.9. The fourth-order valence-electron chi connectivity index (χ4n) is 9.19. The standard InChI is InChI=1S/C54H33N5/c1-3-13-35(14-4-1)48-50-49-42-20-9-7-18-40(42)44(39-31-38-25-24-36-17-12-28-56-51(36)52(38)57-33-39)32-45(49)41-19-8-10-21-43(41)54(50)59(53(48)37-15-5-2-6-16-37)47-23-11-22-46(58-47)34-26-29-55-30-27-34/h1-33H. The molecule has 0 saturated heterocycles. The number of pyridine rings is 4. The molecule has 12 rings (SSSR count). The van der Waals surface area contributed by atoms with E-state index < -0.39 is 0 Å². The number of aromatic nitrogens is 5. The molecule has 0 amide bonds. The lowest BCUT2D eigenvalue weighted by Gasteiger charge is -2.17. The van der Waals surface area contributed by atoms with Gasteiger partial charge in [0.1, 0.15) is 5.82 Å². The molecule has 5 nitrogen and oxygen atoms in total. The van der Waals surface area contributed by atoms with Crippen LogP contribution in [0.4, 0.5) is 0 Å². The SMILES string of the molecule is c1ccc(-c2c(-c3ccccc3)n(-c3cccc(-c4ccncc4)n3)c3c4ccccc4c4cc(-c5cnc6c(ccc7cccnc76)c5)c5ccccc5c4c23)cc1. The van der Waals surface area contributed by atoms with Crippen LogP contribution in [0.3, 0.4) is 0 Å². The monoisotopic (exact) mass is 751 g/mol. The van der Waals surface area contributed by atoms with Gasteiger partial charge in [-0.2, -0.15) is 0 Å². The summed E-state index contributed by atoms with van der Waals surface area (Å²) in [6.07, 6.45) is 7.51. The van der Waals surface area contributed by atoms with Crippen molar-refractivity contribution >= 4 is 65.0 Å². The maximum absolute atomic E-state index is 5.43. The number of fused-ring (bicyclic) bond motifs is 11. The van der Waals surface area contributed by atoms with Crippen molar-refractivity contribution < 1.29 is 0 Å². The van der Waals surface area contributed by atoms with Crippen LogP contribution in [-0.2, 0) is 0 Å². The van der Waals surface area contributed by atoms with Gasteiger partial charge in [-0.05, 0) is 80.7 Å². The molecule has 5 aromatic heterocycles. The molecule has 0 unspecified atom stereocenters. The molecular formula is C54H33N5. The Hall–Kier alpha value is -8.02. The first kappa shape index (κ1) is 33.2. The Kier molecular flexibility index (Phi) is 7.47. The van der Waals surface area contributed by atoms with Gasteiger partial charge in [0.25, 0.3) is 0 Å². The predicted octanol–water partition coefficient (Wildman–Crippen LogP) is 13.6. The Bertz CT molecular complexity index is 3600. The molecule has 0 aliphatic carbocycles. The fourth-order valence-corrected chi connectivity index (χ4v) is 9.19. The van der Waals surface area contributed by atoms with Crippen LogP contribution in [0.5, 0.6) is 0 Å². The second-order valence-electron chi connectivity index (χ2n) is 15.0. The third-order valence-electron chi connectivity index (χ3n) is 11.7. The zero-order valence-electron chi connectivity index (χ0n) is 31.8. The molecule has 0 spiro atoms. The fraction of sp³-hybridized carbons (Fsp3) is 0. The molecule has 274 valence electrons. The van der Waals surface area contributed by atoms with Crippen LogP contribution in [0.1, 0.15) is 0 Å². The largest absolute Gasteiger partial charge is 0.292 e. The van der Waals surface area contributed by atoms with E-state index in [9.17, 15) is 0 Å². The van der Waals surface area contributed by atoms with Gasteiger partial charge in [-0.1, -0.05) is 133 Å². The number of hydrogen-bond acceptors (Lipinski definition) is 4. The van der Waals surface area contributed by atoms with Gasteiger partial charge in [0.2, 0.25) is 0 Å². The van der Waals surface area contributed by atoms with Gasteiger partial charge < -0.3 is 0 Å². The van der Waals surface area contributed by atoms with Crippen molar-refractivity contribution in [3.8, 4) is 50.6 Å². The van der Waals surface area contributed by atoms with Crippen molar-refractivity contribution in [3.05, 3.63) is 201 Å². The quantitative estimate of drug-likeness (QED) is 0.164. The molecule has 0 fully saturated rings. The highest BCUT2D eigenvalue weighted by molar-refractivity contribution is 6.36. The molecule has 0 radical (unpaired) electrons. The van der Waals surface area contributed by atoms with Gasteiger partial charge in [-0.3, -0.25) is 19.5 Å². The van der Waals surface area contributed by atoms with Crippen molar-refractivity contribution in [2.24, 2.45) is 0 Å². The van der Waals surface area contributed by atoms with Crippen LogP contribution in [0.25, 0.3) is 116 Å². The summed E-state index contributed by atoms with van der Waals surface area (Å²) in [5.74, 6) is 0.847. The molecular weight excluding hydrogens is 719 g/mol. The minimum absolute atomic E-state index is 0.847. The first-order valence-electron chi connectivity index (χ1n) is 19.9. The molecule has 12 aromatic rings. The van der Waals surface area contributed by atoms with Gasteiger partial charge >= 0.3 is 0 Å². The second-order valence-corrected chi connectivity index (χ2v) is 15.0. The summed E-state index contributed by atoms with van der Waals surface area (Å²) < 4.78 is 2.41. The highest BCUT2D eigenvalue weighted by Crippen LogP contribution is 2.51. The zero-order valence-corrected chi connectivity index (χ0v) is 31.8. The molecule has 0 saturated carbocycles. The third-order valence-corrected chi connectivity index (χ3v) is 11.7. The van der Waals surface area contributed by atoms with Gasteiger partial charge in [0.05, 0.1) is 27.9 Å². The maximum Gasteiger partial charge on any atom is 0.138 e. The smallest absolute Gasteiger partial charge is 0.138 e. The van der Waals surface area contributed by atoms with Gasteiger partial charge in [0.15, 0.2) is 0 Å². The summed E-state index contributed by atoms with van der Waals surface area (Å²) in [6.45, 7) is 0. The van der Waals surface area contributed by atoms with Gasteiger partial charge in [-0.15, -0.1) is 0 Å². The van der Waals surface area contributed by atoms with Crippen molar-refractivity contribution in [2.45, 2.75) is 0 Å². The van der Waals surface area contributed by atoms with E-state index in [2.05, 4.69) is 167 Å². The Labute approximate surface area is 339 Å². The summed E-state index contributed by atoms with van der Waals surface area (Å²) in [5.41, 5.74) is 11.6. The van der Waals surface area contributed by atoms with Crippen LogP contribution in [0.15, 0.2) is 201 Å². The Morgan fingerprint density at radius 1 is 0.407 bits per heavy atom. The molecule has 59 heavy (non-hydrogen) atoms. The topological polar surface area (TPSA) is 56.5 Å². The summed E-state index contributed by atoms with van der Waals surface area (Å²) in [4.78, 5) is 19.5. The molecule has 0 bridgehead atoms. The van der Waals surface area contributed by atoms with Crippen LogP contribution in [0, 0.1) is 0 Å². The molecule has 0 atom stereocenters. The summed E-state index contributed by atoms with van der Waals surface area (Å²) in [7, 11) is 0. The number of nitrogens with zero attached hydrogens (tertiary/aromatic N) is 5. The van der Waals surface area contributed by atoms with Crippen LogP contribution in [-0.4, -0.2) is 24.5 Å². The van der Waals surface area contributed by atoms with Gasteiger partial charge in [-0.25, -0.2) is 4.98 Å². The lowest BCUT2D eigenvalue weighted by molar-refractivity contribution is 1.06. The Morgan fingerprint density at radius 2 is 1.10 bits per heavy atom. The van der Waals surface area contributed by atoms with Crippen molar-refractivity contribution in [3.63, 3.8) is 0 Å². The van der Waals surface area contributed by atoms with E-state index in [0.29, 0.717) is 0 Å². The maximum atomic E-state index is 5.43. The number of hydrogen-bond donors (Lipinski definition) is 0. The first-order valence-corrected chi connectivity index (χ1v) is 19.9. The van der Waals surface area contributed by atoms with Crippen LogP contribution < -0.4 is 0 Å². The third kappa shape index (κ3) is 5.18. The normalized spacial score (nSPS) is 11.7. The molecule has 5 heterocycles. The summed E-state index contributed by atoms with van der Waals surface area (Å²) in [6, 6.07) is 62.7. The summed E-state index contributed by atoms with van der Waals surface area (Å²) in [5, 5.41) is 10.4. The van der Waals surface area contributed by atoms with Gasteiger partial charge in [0, 0.05) is 68.4 Å². The highest BCUT2D eigenvalue weighted by atomic mass is 15.1. The van der Waals surface area contributed by atoms with E-state index >= 15 is 0 Å². The number of benzene rings is 7. The molecule has 5 heteroatoms. The average molecular weight is 752 g/mol. The van der Waals surface area contributed by atoms with Crippen molar-refractivity contribution in [1.82, 2.24) is 24.5 Å². The molecule has 0 aliphatic rings.